The molecule has 0 aliphatic rings. The van der Waals surface area contributed by atoms with Gasteiger partial charge in [0.25, 0.3) is 0 Å². The first kappa shape index (κ1) is 41.9. The summed E-state index contributed by atoms with van der Waals surface area (Å²) in [5, 5.41) is 20.4. The van der Waals surface area contributed by atoms with E-state index >= 15 is 0 Å². The van der Waals surface area contributed by atoms with Gasteiger partial charge in [0.05, 0.1) is 0 Å². The highest BCUT2D eigenvalue weighted by Gasteiger charge is 2.12. The van der Waals surface area contributed by atoms with E-state index < -0.39 is 5.97 Å². The molecule has 0 radical (unpaired) electrons. The molecule has 0 spiro atoms. The average molecular weight is 657 g/mol. The number of nitriles is 1. The summed E-state index contributed by atoms with van der Waals surface area (Å²) in [6, 6.07) is 9.50. The lowest BCUT2D eigenvalue weighted by Gasteiger charge is -2.22. The maximum Gasteiger partial charge on any atom is 0.306 e. The van der Waals surface area contributed by atoms with Crippen LogP contribution < -0.4 is 10.1 Å². The molecule has 47 heavy (non-hydrogen) atoms. The lowest BCUT2D eigenvalue weighted by molar-refractivity contribution is -0.149. The molecule has 1 unspecified atom stereocenters. The van der Waals surface area contributed by atoms with Gasteiger partial charge in [-0.3, -0.25) is 9.59 Å². The zero-order chi connectivity index (χ0) is 34.2. The summed E-state index contributed by atoms with van der Waals surface area (Å²) < 4.78 is 11.5. The third kappa shape index (κ3) is 25.6. The number of ether oxygens (including phenoxy) is 2. The number of nitrogens with zero attached hydrogens (tertiary/aromatic N) is 3. The number of amidine groups is 1. The van der Waals surface area contributed by atoms with Crippen molar-refractivity contribution in [2.45, 2.75) is 155 Å². The van der Waals surface area contributed by atoms with E-state index in [4.69, 9.17) is 19.8 Å². The van der Waals surface area contributed by atoms with Crippen LogP contribution in [-0.2, 0) is 14.3 Å². The predicted molar refractivity (Wildman–Crippen MR) is 190 cm³/mol. The van der Waals surface area contributed by atoms with Gasteiger partial charge < -0.3 is 19.5 Å². The number of nitrogens with one attached hydrogen (secondary N) is 1. The Hall–Kier alpha value is -3.12. The van der Waals surface area contributed by atoms with Crippen molar-refractivity contribution in [3.05, 3.63) is 30.3 Å². The van der Waals surface area contributed by atoms with Gasteiger partial charge in [-0.1, -0.05) is 103 Å². The second kappa shape index (κ2) is 30.2. The van der Waals surface area contributed by atoms with Gasteiger partial charge in [0.1, 0.15) is 11.9 Å². The van der Waals surface area contributed by atoms with E-state index in [0.717, 1.165) is 110 Å². The Morgan fingerprint density at radius 1 is 0.809 bits per heavy atom. The second-order valence-electron chi connectivity index (χ2n) is 12.5. The summed E-state index contributed by atoms with van der Waals surface area (Å²) in [6.45, 7) is 7.84. The van der Waals surface area contributed by atoms with Crippen LogP contribution in [-0.4, -0.2) is 60.2 Å². The summed E-state index contributed by atoms with van der Waals surface area (Å²) in [4.78, 5) is 30.1. The number of aliphatic carboxylic acids is 1. The van der Waals surface area contributed by atoms with E-state index in [1.54, 1.807) is 0 Å². The van der Waals surface area contributed by atoms with E-state index in [1.807, 2.05) is 36.5 Å². The van der Waals surface area contributed by atoms with Crippen molar-refractivity contribution in [3.63, 3.8) is 0 Å². The lowest BCUT2D eigenvalue weighted by atomic mass is 10.1. The van der Waals surface area contributed by atoms with Crippen molar-refractivity contribution in [2.75, 3.05) is 26.2 Å². The predicted octanol–water partition coefficient (Wildman–Crippen LogP) is 9.02. The van der Waals surface area contributed by atoms with Crippen LogP contribution in [0, 0.1) is 11.5 Å². The Kier molecular flexibility index (Phi) is 27.0. The number of carboxylic acid groups (broad SMARTS) is 1. The first-order valence-electron chi connectivity index (χ1n) is 18.5. The summed E-state index contributed by atoms with van der Waals surface area (Å²) in [5.41, 5.74) is 0. The van der Waals surface area contributed by atoms with Gasteiger partial charge >= 0.3 is 18.0 Å². The quantitative estimate of drug-likeness (QED) is 0.0210. The molecular weight excluding hydrogens is 592 g/mol. The average Bonchev–Trinajstić information content (AvgIpc) is 3.06. The Morgan fingerprint density at radius 3 is 2.00 bits per heavy atom. The highest BCUT2D eigenvalue weighted by molar-refractivity contribution is 5.77. The third-order valence-electron chi connectivity index (χ3n) is 8.36. The monoisotopic (exact) mass is 656 g/mol. The molecule has 0 saturated heterocycles. The molecule has 9 heteroatoms. The minimum atomic E-state index is -0.718. The van der Waals surface area contributed by atoms with Crippen LogP contribution in [0.15, 0.2) is 35.3 Å². The topological polar surface area (TPSA) is 124 Å². The van der Waals surface area contributed by atoms with Crippen LogP contribution in [0.25, 0.3) is 0 Å². The smallest absolute Gasteiger partial charge is 0.306 e. The standard InChI is InChI=1S/C38H64N4O5/c1-3-5-6-7-10-16-24-34(4-2)46-37(45)28-20-12-9-14-22-31-42(30-21-13-8-11-19-27-36(43)44)32-23-29-40-38(41-33-39)47-35-25-17-15-18-26-35/h15,17-18,25-26,34H,3-14,16,19-24,27-32H2,1-2H3,(H,40,41)(H,43,44). The number of benzene rings is 1. The lowest BCUT2D eigenvalue weighted by Crippen LogP contribution is -2.28. The molecule has 0 saturated carbocycles. The molecule has 1 aromatic carbocycles. The molecule has 2 N–H and O–H groups in total. The van der Waals surface area contributed by atoms with E-state index in [-0.39, 0.29) is 24.5 Å². The van der Waals surface area contributed by atoms with E-state index in [9.17, 15) is 9.59 Å². The highest BCUT2D eigenvalue weighted by Crippen LogP contribution is 2.15. The van der Waals surface area contributed by atoms with Gasteiger partial charge in [-0.2, -0.15) is 5.26 Å². The number of esters is 1. The van der Waals surface area contributed by atoms with Gasteiger partial charge in [0.15, 0.2) is 6.19 Å². The zero-order valence-electron chi connectivity index (χ0n) is 29.6. The fraction of sp³-hybridized carbons (Fsp3) is 0.737. The number of hydrogen-bond acceptors (Lipinski definition) is 7. The van der Waals surface area contributed by atoms with Gasteiger partial charge in [0.2, 0.25) is 0 Å². The molecule has 0 aromatic heterocycles. The number of para-hydroxylation sites is 1. The Morgan fingerprint density at radius 2 is 1.38 bits per heavy atom. The highest BCUT2D eigenvalue weighted by atomic mass is 16.5. The molecule has 1 aromatic rings. The molecule has 1 rings (SSSR count). The van der Waals surface area contributed by atoms with Gasteiger partial charge in [0, 0.05) is 19.4 Å². The van der Waals surface area contributed by atoms with E-state index in [1.165, 1.54) is 32.1 Å². The van der Waals surface area contributed by atoms with Gasteiger partial charge in [-0.25, -0.2) is 10.3 Å². The molecule has 1 atom stereocenters. The molecule has 266 valence electrons. The summed E-state index contributed by atoms with van der Waals surface area (Å²) >= 11 is 0. The summed E-state index contributed by atoms with van der Waals surface area (Å²) in [7, 11) is 0. The Balaban J connectivity index is 2.35. The van der Waals surface area contributed by atoms with Crippen LogP contribution >= 0.6 is 0 Å². The number of aliphatic imine (C=N–C) groups is 1. The molecule has 0 amide bonds. The molecule has 0 heterocycles. The maximum atomic E-state index is 12.4. The van der Waals surface area contributed by atoms with Crippen LogP contribution in [0.4, 0.5) is 0 Å². The van der Waals surface area contributed by atoms with Crippen molar-refractivity contribution in [1.29, 1.82) is 5.26 Å². The SMILES string of the molecule is CCCCCCCCC(CC)OC(=O)CCCCCCCN(CCCCCCCC(=O)O)CCCN=C(NC#N)Oc1ccccc1. The number of unbranched alkanes of at least 4 members (excludes halogenated alkanes) is 13. The van der Waals surface area contributed by atoms with Crippen LogP contribution in [0.2, 0.25) is 0 Å². The van der Waals surface area contributed by atoms with Gasteiger partial charge in [-0.15, -0.1) is 0 Å². The van der Waals surface area contributed by atoms with Crippen molar-refractivity contribution < 1.29 is 24.2 Å². The fourth-order valence-corrected chi connectivity index (χ4v) is 5.58. The molecule has 0 fully saturated rings. The largest absolute Gasteiger partial charge is 0.481 e. The number of carbonyl (C=O) groups excluding carboxylic acids is 1. The Bertz CT molecular complexity index is 982. The number of rotatable bonds is 30. The van der Waals surface area contributed by atoms with Crippen molar-refractivity contribution in [1.82, 2.24) is 10.2 Å². The molecule has 0 aliphatic carbocycles. The molecule has 0 aliphatic heterocycles. The minimum Gasteiger partial charge on any atom is -0.481 e. The minimum absolute atomic E-state index is 0.0399. The van der Waals surface area contributed by atoms with E-state index in [2.05, 4.69) is 29.1 Å². The molecule has 9 nitrogen and oxygen atoms in total. The summed E-state index contributed by atoms with van der Waals surface area (Å²) in [5.74, 6) is -0.128. The zero-order valence-corrected chi connectivity index (χ0v) is 29.6. The maximum absolute atomic E-state index is 12.4. The second-order valence-corrected chi connectivity index (χ2v) is 12.5. The van der Waals surface area contributed by atoms with Crippen molar-refractivity contribution >= 4 is 18.0 Å². The first-order chi connectivity index (χ1) is 23.0. The number of hydrogen-bond donors (Lipinski definition) is 2. The van der Waals surface area contributed by atoms with Crippen LogP contribution in [0.1, 0.15) is 149 Å². The van der Waals surface area contributed by atoms with Crippen LogP contribution in [0.5, 0.6) is 5.75 Å². The normalized spacial score (nSPS) is 12.1. The van der Waals surface area contributed by atoms with Crippen molar-refractivity contribution in [2.24, 2.45) is 4.99 Å². The number of carbonyl (C=O) groups is 2. The van der Waals surface area contributed by atoms with E-state index in [0.29, 0.717) is 18.7 Å². The molecular formula is C38H64N4O5. The van der Waals surface area contributed by atoms with Crippen LogP contribution in [0.3, 0.4) is 0 Å². The number of carboxylic acids is 1. The van der Waals surface area contributed by atoms with Gasteiger partial charge in [-0.05, 0) is 83.1 Å². The Labute approximate surface area is 285 Å². The fourth-order valence-electron chi connectivity index (χ4n) is 5.58. The first-order valence-corrected chi connectivity index (χ1v) is 18.5. The third-order valence-corrected chi connectivity index (χ3v) is 8.36. The molecule has 0 bridgehead atoms. The van der Waals surface area contributed by atoms with Crippen molar-refractivity contribution in [3.8, 4) is 11.9 Å². The summed E-state index contributed by atoms with van der Waals surface area (Å²) in [6.07, 6.45) is 23.3.